The van der Waals surface area contributed by atoms with Crippen molar-refractivity contribution >= 4 is 72.6 Å². The van der Waals surface area contributed by atoms with Gasteiger partial charge in [0, 0.05) is 38.2 Å². The lowest BCUT2D eigenvalue weighted by molar-refractivity contribution is 0.669. The molecule has 0 atom stereocenters. The summed E-state index contributed by atoms with van der Waals surface area (Å²) < 4.78 is 217. The summed E-state index contributed by atoms with van der Waals surface area (Å²) in [6, 6.07) is 17.7. The summed E-state index contributed by atoms with van der Waals surface area (Å²) in [5.41, 5.74) is -5.21. The molecule has 3 heterocycles. The van der Waals surface area contributed by atoms with Gasteiger partial charge in [-0.2, -0.15) is 0 Å². The highest BCUT2D eigenvalue weighted by Crippen LogP contribution is 2.37. The maximum Gasteiger partial charge on any atom is 0.179 e. The van der Waals surface area contributed by atoms with Crippen LogP contribution < -0.4 is 20.7 Å². The van der Waals surface area contributed by atoms with E-state index < -0.39 is 220 Å². The molecule has 0 N–H and O–H groups in total. The Morgan fingerprint density at radius 1 is 0.377 bits per heavy atom. The van der Waals surface area contributed by atoms with Gasteiger partial charge in [0.1, 0.15) is 11.2 Å². The molecule has 6 heteroatoms. The summed E-state index contributed by atoms with van der Waals surface area (Å²) in [7, 11) is -3.42. The van der Waals surface area contributed by atoms with E-state index in [4.69, 9.17) is 35.8 Å². The summed E-state index contributed by atoms with van der Waals surface area (Å²) in [5, 5.41) is 1.99. The van der Waals surface area contributed by atoms with Gasteiger partial charge in [0.15, 0.2) is 25.5 Å². The maximum absolute atomic E-state index is 10.1. The van der Waals surface area contributed by atoms with Crippen LogP contribution in [0.3, 0.4) is 0 Å². The minimum absolute atomic E-state index is 0.193. The van der Waals surface area contributed by atoms with Gasteiger partial charge in [-0.3, -0.25) is 0 Å². The van der Waals surface area contributed by atoms with Gasteiger partial charge in [-0.25, -0.2) is 15.0 Å². The molecule has 0 amide bonds. The lowest BCUT2D eigenvalue weighted by atomic mass is 10.0. The fourth-order valence-electron chi connectivity index (χ4n) is 8.97. The van der Waals surface area contributed by atoms with Crippen molar-refractivity contribution in [3.8, 4) is 51.0 Å². The Morgan fingerprint density at radius 3 is 1.58 bits per heavy atom. The SMILES string of the molecule is [2H]c1c([2H])c(-c2nc(-c3cccc([Si](c4ccccc4)(c4ccccc4)c4ccccc4)c3)nc(-c3c([2H])c([2H])c([2H])c([2H])c3-n3c4c([2H])c([2H])c([2H])c([2H])c4c4c([2H])c([2H])c([2H])c([2H])c43)n2)c([2H])c(-c2c([2H])c([2H])c3oc4c([2H])c([2H])c([2H])c([2H])c4c3c2[2H])c1[2H]. The van der Waals surface area contributed by atoms with Crippen LogP contribution in [0.25, 0.3) is 94.7 Å². The van der Waals surface area contributed by atoms with Crippen molar-refractivity contribution < 1.29 is 35.9 Å². The van der Waals surface area contributed by atoms with E-state index in [1.54, 1.807) is 12.1 Å². The Balaban J connectivity index is 1.19. The van der Waals surface area contributed by atoms with Gasteiger partial charge in [0.05, 0.1) is 48.2 Å². The summed E-state index contributed by atoms with van der Waals surface area (Å²) >= 11 is 0. The molecule has 10 aromatic carbocycles. The van der Waals surface area contributed by atoms with Crippen LogP contribution in [0.5, 0.6) is 0 Å². The second kappa shape index (κ2) is 16.7. The van der Waals surface area contributed by atoms with Crippen molar-refractivity contribution in [1.82, 2.24) is 19.5 Å². The second-order valence-corrected chi connectivity index (χ2v) is 19.6. The van der Waals surface area contributed by atoms with Crippen LogP contribution in [-0.2, 0) is 0 Å². The number of hydrogen-bond acceptors (Lipinski definition) is 4. The highest BCUT2D eigenvalue weighted by molar-refractivity contribution is 7.19. The maximum atomic E-state index is 10.1. The highest BCUT2D eigenvalue weighted by atomic mass is 28.3. The summed E-state index contributed by atoms with van der Waals surface area (Å²) in [5.74, 6) is -1.69. The van der Waals surface area contributed by atoms with E-state index >= 15 is 0 Å². The van der Waals surface area contributed by atoms with Crippen LogP contribution in [-0.4, -0.2) is 27.6 Å². The largest absolute Gasteiger partial charge is 0.456 e. The van der Waals surface area contributed by atoms with Crippen LogP contribution in [0.1, 0.15) is 31.5 Å². The molecule has 0 saturated heterocycles. The molecule has 0 fully saturated rings. The minimum atomic E-state index is -3.42. The van der Waals surface area contributed by atoms with Crippen LogP contribution >= 0.6 is 0 Å². The Labute approximate surface area is 432 Å². The van der Waals surface area contributed by atoms with E-state index in [9.17, 15) is 15.1 Å². The lowest BCUT2D eigenvalue weighted by Crippen LogP contribution is -2.74. The number of benzene rings is 10. The third-order valence-corrected chi connectivity index (χ3v) is 16.7. The molecule has 69 heavy (non-hydrogen) atoms. The first-order valence-electron chi connectivity index (χ1n) is 33.0. The number of para-hydroxylation sites is 4. The zero-order valence-electron chi connectivity index (χ0n) is 58.7. The number of aromatic nitrogens is 4. The van der Waals surface area contributed by atoms with Gasteiger partial charge < -0.3 is 8.98 Å². The molecular formula is C63H42N4OSi. The number of hydrogen-bond donors (Lipinski definition) is 0. The third kappa shape index (κ3) is 6.80. The highest BCUT2D eigenvalue weighted by Gasteiger charge is 2.41. The molecule has 0 saturated carbocycles. The van der Waals surface area contributed by atoms with Gasteiger partial charge in [-0.1, -0.05) is 206 Å². The van der Waals surface area contributed by atoms with Crippen LogP contribution in [0.15, 0.2) is 259 Å². The fourth-order valence-corrected chi connectivity index (χ4v) is 13.8. The van der Waals surface area contributed by atoms with Crippen LogP contribution in [0.4, 0.5) is 0 Å². The van der Waals surface area contributed by atoms with Crippen molar-refractivity contribution in [2.45, 2.75) is 0 Å². The molecule has 0 aliphatic heterocycles. The topological polar surface area (TPSA) is 56.7 Å². The van der Waals surface area contributed by atoms with Crippen LogP contribution in [0, 0.1) is 0 Å². The van der Waals surface area contributed by atoms with Crippen molar-refractivity contribution in [2.75, 3.05) is 0 Å². The Kier molecular flexibility index (Phi) is 5.61. The molecule has 0 aliphatic carbocycles. The second-order valence-electron chi connectivity index (χ2n) is 15.8. The van der Waals surface area contributed by atoms with Crippen molar-refractivity contribution in [2.24, 2.45) is 0 Å². The van der Waals surface area contributed by atoms with E-state index in [0.29, 0.717) is 0 Å². The molecule has 0 bridgehead atoms. The Bertz CT molecular complexity index is 5230. The number of fused-ring (bicyclic) bond motifs is 6. The molecule has 13 aromatic rings. The summed E-state index contributed by atoms with van der Waals surface area (Å²) in [6.45, 7) is 0. The molecule has 3 aromatic heterocycles. The zero-order valence-corrected chi connectivity index (χ0v) is 36.7. The van der Waals surface area contributed by atoms with E-state index in [1.165, 1.54) is 0 Å². The number of rotatable bonds is 9. The average Bonchev–Trinajstić information content (AvgIpc) is 1.45. The molecule has 13 rings (SSSR count). The lowest BCUT2D eigenvalue weighted by Gasteiger charge is -2.34. The van der Waals surface area contributed by atoms with Crippen molar-refractivity contribution in [1.29, 1.82) is 0 Å². The minimum Gasteiger partial charge on any atom is -0.456 e. The fraction of sp³-hybridized carbons (Fsp3) is 0. The number of furan rings is 1. The van der Waals surface area contributed by atoms with Gasteiger partial charge in [0.2, 0.25) is 0 Å². The zero-order chi connectivity index (χ0) is 65.7. The molecule has 5 nitrogen and oxygen atoms in total. The normalized spacial score (nSPS) is 16.4. The Hall–Kier alpha value is -8.97. The van der Waals surface area contributed by atoms with Crippen LogP contribution in [0.2, 0.25) is 0 Å². The van der Waals surface area contributed by atoms with Gasteiger partial charge in [-0.15, -0.1) is 0 Å². The first kappa shape index (κ1) is 23.2. The quantitative estimate of drug-likeness (QED) is 0.107. The molecule has 0 unspecified atom stereocenters. The van der Waals surface area contributed by atoms with Crippen molar-refractivity contribution in [3.63, 3.8) is 0 Å². The first-order valence-corrected chi connectivity index (χ1v) is 23.5. The van der Waals surface area contributed by atoms with E-state index in [-0.39, 0.29) is 22.2 Å². The predicted octanol–water partition coefficient (Wildman–Crippen LogP) is 12.9. The van der Waals surface area contributed by atoms with Gasteiger partial charge in [-0.05, 0) is 80.2 Å². The van der Waals surface area contributed by atoms with E-state index in [2.05, 4.69) is 0 Å². The molecule has 0 spiro atoms. The predicted molar refractivity (Wildman–Crippen MR) is 287 cm³/mol. The number of nitrogens with zero attached hydrogens (tertiary/aromatic N) is 4. The van der Waals surface area contributed by atoms with E-state index in [1.807, 2.05) is 103 Å². The average molecular weight is 922 g/mol. The Morgan fingerprint density at radius 2 is 0.899 bits per heavy atom. The summed E-state index contributed by atoms with van der Waals surface area (Å²) in [4.78, 5) is 14.6. The molecular weight excluding hydrogens is 857 g/mol. The van der Waals surface area contributed by atoms with Crippen molar-refractivity contribution in [3.05, 3.63) is 254 Å². The smallest absolute Gasteiger partial charge is 0.179 e. The third-order valence-electron chi connectivity index (χ3n) is 11.9. The first-order chi connectivity index (χ1) is 43.8. The monoisotopic (exact) mass is 921 g/mol. The van der Waals surface area contributed by atoms with Gasteiger partial charge in [0.25, 0.3) is 0 Å². The van der Waals surface area contributed by atoms with E-state index in [0.717, 1.165) is 25.3 Å². The molecule has 0 radical (unpaired) electrons. The molecule has 324 valence electrons. The molecule has 0 aliphatic rings. The standard InChI is InChI=1S/C63H42N4OSi/c1-4-23-47(24-5-1)69(48-25-6-2-7-26-48,49-27-8-3-9-28-49)50-29-19-22-46(41-50)62-64-61(45-21-18-20-43(40-45)44-38-39-60-55(42-44)53-32-13-17-37-59(53)68-60)65-63(66-62)54-33-12-16-36-58(54)67-56-34-14-10-30-51(56)52-31-11-15-35-57(52)67/h1-42H/i10D,11D,12D,13D,14D,15D,16D,17D,18D,20D,21D,30D,31D,32D,33D,34D,35D,36D,37D,38D,39D,40D,42D. The van der Waals surface area contributed by atoms with Gasteiger partial charge >= 0.3 is 0 Å². The summed E-state index contributed by atoms with van der Waals surface area (Å²) in [6.07, 6.45) is 0.